The van der Waals surface area contributed by atoms with Crippen LogP contribution in [0.15, 0.2) is 48.5 Å². The van der Waals surface area contributed by atoms with E-state index in [0.717, 1.165) is 19.4 Å². The first-order valence-electron chi connectivity index (χ1n) is 7.70. The van der Waals surface area contributed by atoms with Gasteiger partial charge < -0.3 is 5.32 Å². The molecule has 1 unspecified atom stereocenters. The molecule has 2 heteroatoms. The summed E-state index contributed by atoms with van der Waals surface area (Å²) in [6, 6.07) is 18.3. The Kier molecular flexibility index (Phi) is 6.71. The van der Waals surface area contributed by atoms with Gasteiger partial charge in [-0.25, -0.2) is 0 Å². The fourth-order valence-corrected chi connectivity index (χ4v) is 2.84. The molecule has 21 heavy (non-hydrogen) atoms. The average molecular weight is 393 g/mol. The second kappa shape index (κ2) is 8.54. The summed E-state index contributed by atoms with van der Waals surface area (Å²) in [4.78, 5) is 0. The topological polar surface area (TPSA) is 12.0 Å². The van der Waals surface area contributed by atoms with Crippen LogP contribution in [0, 0.1) is 10.5 Å². The molecule has 0 aliphatic rings. The lowest BCUT2D eigenvalue weighted by Gasteiger charge is -2.19. The Balaban J connectivity index is 2.02. The van der Waals surface area contributed by atoms with Gasteiger partial charge in [0.15, 0.2) is 0 Å². The summed E-state index contributed by atoms with van der Waals surface area (Å²) < 4.78 is 1.30. The van der Waals surface area contributed by atoms with Gasteiger partial charge >= 0.3 is 0 Å². The smallest absolute Gasteiger partial charge is 0.0148 e. The first kappa shape index (κ1) is 16.5. The van der Waals surface area contributed by atoms with E-state index in [0.29, 0.717) is 6.04 Å². The fourth-order valence-electron chi connectivity index (χ4n) is 2.48. The van der Waals surface area contributed by atoms with Crippen molar-refractivity contribution in [2.75, 3.05) is 6.54 Å². The van der Waals surface area contributed by atoms with E-state index < -0.39 is 0 Å². The third-order valence-electron chi connectivity index (χ3n) is 3.68. The second-order valence-electron chi connectivity index (χ2n) is 5.67. The van der Waals surface area contributed by atoms with E-state index in [2.05, 4.69) is 90.3 Å². The van der Waals surface area contributed by atoms with Gasteiger partial charge in [0.25, 0.3) is 0 Å². The lowest BCUT2D eigenvalue weighted by atomic mass is 9.98. The number of halogens is 1. The van der Waals surface area contributed by atoms with Crippen LogP contribution in [0.2, 0.25) is 0 Å². The van der Waals surface area contributed by atoms with Crippen LogP contribution in [0.4, 0.5) is 0 Å². The first-order chi connectivity index (χ1) is 10.2. The van der Waals surface area contributed by atoms with Crippen LogP contribution in [0.5, 0.6) is 0 Å². The highest BCUT2D eigenvalue weighted by Gasteiger charge is 2.10. The number of nitrogens with one attached hydrogen (secondary N) is 1. The van der Waals surface area contributed by atoms with E-state index >= 15 is 0 Å². The summed E-state index contributed by atoms with van der Waals surface area (Å²) >= 11 is 2.36. The average Bonchev–Trinajstić information content (AvgIpc) is 2.49. The highest BCUT2D eigenvalue weighted by molar-refractivity contribution is 14.1. The van der Waals surface area contributed by atoms with Gasteiger partial charge in [0, 0.05) is 9.61 Å². The Morgan fingerprint density at radius 1 is 0.905 bits per heavy atom. The van der Waals surface area contributed by atoms with Crippen molar-refractivity contribution in [2.45, 2.75) is 39.2 Å². The largest absolute Gasteiger partial charge is 0.313 e. The zero-order valence-corrected chi connectivity index (χ0v) is 15.1. The molecule has 0 heterocycles. The minimum atomic E-state index is 0.507. The standard InChI is InChI=1S/C19H24IN/c1-3-12-21-19(13-16-6-4-15(2)5-7-16)14-17-8-10-18(20)11-9-17/h4-11,19,21H,3,12-14H2,1-2H3. The summed E-state index contributed by atoms with van der Waals surface area (Å²) in [5.41, 5.74) is 4.16. The zero-order valence-electron chi connectivity index (χ0n) is 12.9. The van der Waals surface area contributed by atoms with E-state index in [1.165, 1.54) is 26.7 Å². The van der Waals surface area contributed by atoms with Gasteiger partial charge in [-0.3, -0.25) is 0 Å². The van der Waals surface area contributed by atoms with Gasteiger partial charge in [0.1, 0.15) is 0 Å². The lowest BCUT2D eigenvalue weighted by Crippen LogP contribution is -2.33. The molecule has 0 aromatic heterocycles. The van der Waals surface area contributed by atoms with E-state index in [1.54, 1.807) is 0 Å². The maximum absolute atomic E-state index is 3.69. The molecular formula is C19H24IN. The number of hydrogen-bond acceptors (Lipinski definition) is 1. The minimum Gasteiger partial charge on any atom is -0.313 e. The predicted octanol–water partition coefficient (Wildman–Crippen LogP) is 4.75. The molecule has 0 fully saturated rings. The van der Waals surface area contributed by atoms with E-state index in [9.17, 15) is 0 Å². The first-order valence-corrected chi connectivity index (χ1v) is 8.78. The molecule has 0 radical (unpaired) electrons. The van der Waals surface area contributed by atoms with Crippen LogP contribution in [-0.4, -0.2) is 12.6 Å². The molecule has 1 nitrogen and oxygen atoms in total. The van der Waals surface area contributed by atoms with Gasteiger partial charge in [-0.1, -0.05) is 48.9 Å². The molecule has 0 spiro atoms. The normalized spacial score (nSPS) is 12.3. The Hall–Kier alpha value is -0.870. The third kappa shape index (κ3) is 5.79. The molecule has 1 N–H and O–H groups in total. The molecule has 0 aliphatic heterocycles. The maximum atomic E-state index is 3.69. The van der Waals surface area contributed by atoms with Crippen molar-refractivity contribution in [2.24, 2.45) is 0 Å². The quantitative estimate of drug-likeness (QED) is 0.670. The Morgan fingerprint density at radius 2 is 1.43 bits per heavy atom. The van der Waals surface area contributed by atoms with Crippen molar-refractivity contribution in [1.29, 1.82) is 0 Å². The van der Waals surface area contributed by atoms with Gasteiger partial charge in [-0.15, -0.1) is 0 Å². The molecular weight excluding hydrogens is 369 g/mol. The van der Waals surface area contributed by atoms with E-state index in [-0.39, 0.29) is 0 Å². The van der Waals surface area contributed by atoms with Crippen molar-refractivity contribution >= 4 is 22.6 Å². The SMILES string of the molecule is CCCNC(Cc1ccc(C)cc1)Cc1ccc(I)cc1. The van der Waals surface area contributed by atoms with Gasteiger partial charge in [0.05, 0.1) is 0 Å². The summed E-state index contributed by atoms with van der Waals surface area (Å²) in [6.07, 6.45) is 3.36. The Morgan fingerprint density at radius 3 is 1.95 bits per heavy atom. The molecule has 2 aromatic rings. The van der Waals surface area contributed by atoms with Crippen molar-refractivity contribution < 1.29 is 0 Å². The number of rotatable bonds is 7. The van der Waals surface area contributed by atoms with Crippen LogP contribution < -0.4 is 5.32 Å². The Bertz CT molecular complexity index is 483. The summed E-state index contributed by atoms with van der Waals surface area (Å²) in [5.74, 6) is 0. The summed E-state index contributed by atoms with van der Waals surface area (Å²) in [6.45, 7) is 5.45. The third-order valence-corrected chi connectivity index (χ3v) is 4.40. The molecule has 0 saturated carbocycles. The predicted molar refractivity (Wildman–Crippen MR) is 99.8 cm³/mol. The van der Waals surface area contributed by atoms with Crippen LogP contribution in [0.25, 0.3) is 0 Å². The van der Waals surface area contributed by atoms with E-state index in [4.69, 9.17) is 0 Å². The molecule has 2 aromatic carbocycles. The number of hydrogen-bond donors (Lipinski definition) is 1. The maximum Gasteiger partial charge on any atom is 0.0148 e. The van der Waals surface area contributed by atoms with Gasteiger partial charge in [0.2, 0.25) is 0 Å². The van der Waals surface area contributed by atoms with Crippen molar-refractivity contribution in [3.63, 3.8) is 0 Å². The number of benzene rings is 2. The molecule has 0 aliphatic carbocycles. The minimum absolute atomic E-state index is 0.507. The molecule has 2 rings (SSSR count). The highest BCUT2D eigenvalue weighted by atomic mass is 127. The van der Waals surface area contributed by atoms with E-state index in [1.807, 2.05) is 0 Å². The van der Waals surface area contributed by atoms with Crippen molar-refractivity contribution in [3.8, 4) is 0 Å². The van der Waals surface area contributed by atoms with Crippen molar-refractivity contribution in [1.82, 2.24) is 5.32 Å². The summed E-state index contributed by atoms with van der Waals surface area (Å²) in [7, 11) is 0. The van der Waals surface area contributed by atoms with Crippen LogP contribution in [0.3, 0.4) is 0 Å². The monoisotopic (exact) mass is 393 g/mol. The number of aryl methyl sites for hydroxylation is 1. The Labute approximate surface area is 142 Å². The second-order valence-corrected chi connectivity index (χ2v) is 6.92. The molecule has 112 valence electrons. The fraction of sp³-hybridized carbons (Fsp3) is 0.368. The van der Waals surface area contributed by atoms with Crippen LogP contribution in [0.1, 0.15) is 30.0 Å². The molecule has 1 atom stereocenters. The lowest BCUT2D eigenvalue weighted by molar-refractivity contribution is 0.505. The van der Waals surface area contributed by atoms with Gasteiger partial charge in [-0.05, 0) is 78.6 Å². The van der Waals surface area contributed by atoms with Crippen molar-refractivity contribution in [3.05, 3.63) is 68.8 Å². The molecule has 0 saturated heterocycles. The van der Waals surface area contributed by atoms with Crippen LogP contribution in [-0.2, 0) is 12.8 Å². The van der Waals surface area contributed by atoms with Gasteiger partial charge in [-0.2, -0.15) is 0 Å². The zero-order chi connectivity index (χ0) is 15.1. The summed E-state index contributed by atoms with van der Waals surface area (Å²) in [5, 5.41) is 3.69. The highest BCUT2D eigenvalue weighted by Crippen LogP contribution is 2.12. The molecule has 0 bridgehead atoms. The van der Waals surface area contributed by atoms with Crippen LogP contribution >= 0.6 is 22.6 Å². The molecule has 0 amide bonds.